The maximum atomic E-state index is 9.60. The standard InChI is InChI=1S/C4H6O2.Cl2HO2P/c1-3(2)4(5)6;1-5(2,3)4/h1H2,2H3,(H,5,6);(H,3,4). The molecule has 0 spiro atoms. The maximum absolute atomic E-state index is 9.60. The van der Waals surface area contributed by atoms with Crippen LogP contribution in [0.5, 0.6) is 0 Å². The Balaban J connectivity index is 0. The van der Waals surface area contributed by atoms with Crippen molar-refractivity contribution in [2.24, 2.45) is 0 Å². The number of aliphatic carboxylic acids is 1. The highest BCUT2D eigenvalue weighted by Gasteiger charge is 2.02. The molecule has 11 heavy (non-hydrogen) atoms. The van der Waals surface area contributed by atoms with Gasteiger partial charge in [-0.15, -0.1) is 0 Å². The molecule has 7 heteroatoms. The molecule has 0 aromatic carbocycles. The Morgan fingerprint density at radius 3 is 1.64 bits per heavy atom. The van der Waals surface area contributed by atoms with E-state index in [1.165, 1.54) is 6.92 Å². The average molecular weight is 221 g/mol. The smallest absolute Gasteiger partial charge is 0.377 e. The van der Waals surface area contributed by atoms with Crippen LogP contribution in [0.25, 0.3) is 0 Å². The van der Waals surface area contributed by atoms with Crippen LogP contribution in [-0.2, 0) is 9.36 Å². The molecule has 4 nitrogen and oxygen atoms in total. The molecule has 0 rings (SSSR count). The number of hydrogen-bond donors (Lipinski definition) is 2. The van der Waals surface area contributed by atoms with Gasteiger partial charge in [0.15, 0.2) is 0 Å². The fourth-order valence-corrected chi connectivity index (χ4v) is 0. The largest absolute Gasteiger partial charge is 0.478 e. The minimum Gasteiger partial charge on any atom is -0.478 e. The van der Waals surface area contributed by atoms with E-state index in [2.05, 4.69) is 29.1 Å². The molecule has 66 valence electrons. The van der Waals surface area contributed by atoms with Crippen LogP contribution in [0.1, 0.15) is 6.92 Å². The summed E-state index contributed by atoms with van der Waals surface area (Å²) in [5.74, 6) is -0.935. The van der Waals surface area contributed by atoms with Gasteiger partial charge >= 0.3 is 12.0 Å². The van der Waals surface area contributed by atoms with Gasteiger partial charge in [-0.3, -0.25) is 4.57 Å². The number of carboxylic acids is 1. The van der Waals surface area contributed by atoms with Gasteiger partial charge in [-0.05, 0) is 29.4 Å². The lowest BCUT2D eigenvalue weighted by Crippen LogP contribution is -1.92. The lowest BCUT2D eigenvalue weighted by atomic mass is 10.4. The second-order valence-electron chi connectivity index (χ2n) is 1.52. The molecule has 0 aliphatic rings. The van der Waals surface area contributed by atoms with Crippen molar-refractivity contribution >= 4 is 34.5 Å². The minimum absolute atomic E-state index is 0.176. The zero-order valence-electron chi connectivity index (χ0n) is 5.62. The van der Waals surface area contributed by atoms with Gasteiger partial charge in [-0.1, -0.05) is 6.58 Å². The minimum atomic E-state index is -3.69. The zero-order chi connectivity index (χ0) is 9.65. The maximum Gasteiger partial charge on any atom is 0.377 e. The van der Waals surface area contributed by atoms with Gasteiger partial charge in [0, 0.05) is 5.57 Å². The van der Waals surface area contributed by atoms with Gasteiger partial charge in [0.25, 0.3) is 0 Å². The predicted octanol–water partition coefficient (Wildman–Crippen LogP) is 2.21. The summed E-state index contributed by atoms with van der Waals surface area (Å²) >= 11 is 8.81. The molecular formula is C4H7Cl2O4P. The molecule has 0 aromatic heterocycles. The average Bonchev–Trinajstić information content (AvgIpc) is 1.59. The van der Waals surface area contributed by atoms with Crippen molar-refractivity contribution in [1.82, 2.24) is 0 Å². The van der Waals surface area contributed by atoms with E-state index in [1.807, 2.05) is 0 Å². The third kappa shape index (κ3) is 40.1. The molecular weight excluding hydrogens is 214 g/mol. The highest BCUT2D eigenvalue weighted by Crippen LogP contribution is 2.51. The van der Waals surface area contributed by atoms with Crippen molar-refractivity contribution in [2.75, 3.05) is 0 Å². The summed E-state index contributed by atoms with van der Waals surface area (Å²) in [5.41, 5.74) is 0.176. The van der Waals surface area contributed by atoms with Crippen LogP contribution in [-0.4, -0.2) is 16.0 Å². The van der Waals surface area contributed by atoms with Gasteiger partial charge < -0.3 is 10.00 Å². The Morgan fingerprint density at radius 2 is 1.64 bits per heavy atom. The van der Waals surface area contributed by atoms with Crippen molar-refractivity contribution in [1.29, 1.82) is 0 Å². The first-order valence-corrected chi connectivity index (χ1v) is 5.72. The van der Waals surface area contributed by atoms with E-state index in [9.17, 15) is 9.36 Å². The van der Waals surface area contributed by atoms with Gasteiger partial charge in [-0.25, -0.2) is 4.79 Å². The van der Waals surface area contributed by atoms with Crippen LogP contribution >= 0.6 is 28.6 Å². The van der Waals surface area contributed by atoms with E-state index in [-0.39, 0.29) is 5.57 Å². The fourth-order valence-electron chi connectivity index (χ4n) is 0. The van der Waals surface area contributed by atoms with E-state index in [0.29, 0.717) is 0 Å². The Hall–Kier alpha value is -0.0200. The Morgan fingerprint density at radius 1 is 1.55 bits per heavy atom. The second-order valence-corrected chi connectivity index (χ2v) is 5.66. The highest BCUT2D eigenvalue weighted by atomic mass is 35.9. The van der Waals surface area contributed by atoms with Crippen molar-refractivity contribution in [3.63, 3.8) is 0 Å². The normalized spacial score (nSPS) is 9.45. The predicted molar refractivity (Wildman–Crippen MR) is 44.0 cm³/mol. The first-order valence-electron chi connectivity index (χ1n) is 2.25. The van der Waals surface area contributed by atoms with Gasteiger partial charge in [0.05, 0.1) is 0 Å². The topological polar surface area (TPSA) is 74.6 Å². The van der Waals surface area contributed by atoms with Crippen LogP contribution in [0.15, 0.2) is 12.2 Å². The molecule has 0 fully saturated rings. The Kier molecular flexibility index (Phi) is 6.91. The third-order valence-electron chi connectivity index (χ3n) is 0.365. The van der Waals surface area contributed by atoms with Crippen LogP contribution in [0.4, 0.5) is 0 Å². The van der Waals surface area contributed by atoms with E-state index in [1.54, 1.807) is 0 Å². The van der Waals surface area contributed by atoms with Crippen molar-refractivity contribution < 1.29 is 19.4 Å². The number of rotatable bonds is 1. The van der Waals surface area contributed by atoms with Crippen LogP contribution in [0, 0.1) is 0 Å². The molecule has 2 N–H and O–H groups in total. The summed E-state index contributed by atoms with van der Waals surface area (Å²) in [4.78, 5) is 17.2. The van der Waals surface area contributed by atoms with Crippen LogP contribution < -0.4 is 0 Å². The molecule has 0 saturated heterocycles. The van der Waals surface area contributed by atoms with E-state index >= 15 is 0 Å². The zero-order valence-corrected chi connectivity index (χ0v) is 8.03. The van der Waals surface area contributed by atoms with Gasteiger partial charge in [0.1, 0.15) is 0 Å². The van der Waals surface area contributed by atoms with Gasteiger partial charge in [0.2, 0.25) is 0 Å². The first kappa shape index (κ1) is 13.6. The van der Waals surface area contributed by atoms with E-state index in [4.69, 9.17) is 10.00 Å². The molecule has 0 aromatic rings. The molecule has 0 radical (unpaired) electrons. The molecule has 0 heterocycles. The number of hydrogen-bond acceptors (Lipinski definition) is 2. The highest BCUT2D eigenvalue weighted by molar-refractivity contribution is 8.04. The molecule has 0 aliphatic carbocycles. The number of carboxylic acid groups (broad SMARTS) is 1. The number of carbonyl (C=O) groups is 1. The summed E-state index contributed by atoms with van der Waals surface area (Å²) < 4.78 is 9.30. The molecule has 0 bridgehead atoms. The molecule has 0 aliphatic heterocycles. The lowest BCUT2D eigenvalue weighted by Gasteiger charge is -1.79. The second kappa shape index (κ2) is 5.61. The number of halogens is 2. The van der Waals surface area contributed by atoms with Crippen LogP contribution in [0.2, 0.25) is 0 Å². The summed E-state index contributed by atoms with van der Waals surface area (Å²) in [6.45, 7) is 4.60. The fraction of sp³-hybridized carbons (Fsp3) is 0.250. The quantitative estimate of drug-likeness (QED) is 0.525. The van der Waals surface area contributed by atoms with Crippen molar-refractivity contribution in [2.45, 2.75) is 6.92 Å². The summed E-state index contributed by atoms with van der Waals surface area (Å²) in [6, 6.07) is 0. The Labute approximate surface area is 73.5 Å². The summed E-state index contributed by atoms with van der Waals surface area (Å²) in [6.07, 6.45) is -3.69. The monoisotopic (exact) mass is 220 g/mol. The first-order chi connectivity index (χ1) is 4.64. The Bertz CT molecular complexity index is 176. The van der Waals surface area contributed by atoms with E-state index < -0.39 is 12.0 Å². The van der Waals surface area contributed by atoms with E-state index in [0.717, 1.165) is 0 Å². The molecule has 0 saturated carbocycles. The summed E-state index contributed by atoms with van der Waals surface area (Å²) in [5, 5.41) is 7.89. The molecule has 0 amide bonds. The lowest BCUT2D eigenvalue weighted by molar-refractivity contribution is -0.132. The SMILES string of the molecule is C=C(C)C(=O)O.O=P(O)(Cl)Cl. The van der Waals surface area contributed by atoms with Gasteiger partial charge in [-0.2, -0.15) is 0 Å². The van der Waals surface area contributed by atoms with Crippen LogP contribution in [0.3, 0.4) is 0 Å². The molecule has 0 atom stereocenters. The summed E-state index contributed by atoms with van der Waals surface area (Å²) in [7, 11) is 0. The molecule has 0 unspecified atom stereocenters. The third-order valence-corrected chi connectivity index (χ3v) is 0.365. The van der Waals surface area contributed by atoms with Crippen molar-refractivity contribution in [3.05, 3.63) is 12.2 Å². The van der Waals surface area contributed by atoms with Crippen molar-refractivity contribution in [3.8, 4) is 0 Å².